The Bertz CT molecular complexity index is 943. The van der Waals surface area contributed by atoms with Crippen LogP contribution >= 0.6 is 24.0 Å². The Morgan fingerprint density at radius 2 is 1.93 bits per heavy atom. The minimum absolute atomic E-state index is 0.0868. The summed E-state index contributed by atoms with van der Waals surface area (Å²) in [6.07, 6.45) is 4.69. The van der Waals surface area contributed by atoms with E-state index in [0.29, 0.717) is 15.8 Å². The molecule has 2 aromatic carbocycles. The van der Waals surface area contributed by atoms with Gasteiger partial charge in [-0.25, -0.2) is 0 Å². The Balaban J connectivity index is 1.51. The molecule has 5 nitrogen and oxygen atoms in total. The highest BCUT2D eigenvalue weighted by molar-refractivity contribution is 8.26. The fourth-order valence-electron chi connectivity index (χ4n) is 3.01. The molecule has 0 aromatic heterocycles. The van der Waals surface area contributed by atoms with Crippen LogP contribution in [0.25, 0.3) is 6.08 Å². The molecule has 0 radical (unpaired) electrons. The van der Waals surface area contributed by atoms with E-state index in [2.05, 4.69) is 24.3 Å². The Morgan fingerprint density at radius 1 is 1.13 bits per heavy atom. The molecule has 0 atom stereocenters. The number of carbonyl (C=O) groups is 2. The van der Waals surface area contributed by atoms with E-state index in [9.17, 15) is 9.59 Å². The molecule has 1 N–H and O–H groups in total. The molecular formula is C23H23NO4S2. The third-order valence-electron chi connectivity index (χ3n) is 4.55. The largest absolute Gasteiger partial charge is 0.494 e. The molecule has 0 unspecified atom stereocenters. The lowest BCUT2D eigenvalue weighted by atomic mass is 10.1. The molecule has 1 amide bonds. The van der Waals surface area contributed by atoms with E-state index >= 15 is 0 Å². The van der Waals surface area contributed by atoms with Crippen molar-refractivity contribution in [3.63, 3.8) is 0 Å². The van der Waals surface area contributed by atoms with Crippen molar-refractivity contribution in [2.24, 2.45) is 0 Å². The van der Waals surface area contributed by atoms with Gasteiger partial charge in [0.1, 0.15) is 10.1 Å². The van der Waals surface area contributed by atoms with Gasteiger partial charge in [-0.05, 0) is 48.6 Å². The molecule has 1 aliphatic rings. The van der Waals surface area contributed by atoms with Crippen LogP contribution in [0, 0.1) is 0 Å². The number of carboxylic acids is 1. The summed E-state index contributed by atoms with van der Waals surface area (Å²) < 4.78 is 6.25. The molecule has 7 heteroatoms. The van der Waals surface area contributed by atoms with E-state index in [4.69, 9.17) is 22.1 Å². The van der Waals surface area contributed by atoms with Crippen molar-refractivity contribution in [2.45, 2.75) is 25.7 Å². The highest BCUT2D eigenvalue weighted by Gasteiger charge is 2.32. The van der Waals surface area contributed by atoms with Crippen molar-refractivity contribution < 1.29 is 19.4 Å². The number of unbranched alkanes of at least 4 members (excludes halogenated alkanes) is 1. The van der Waals surface area contributed by atoms with Crippen molar-refractivity contribution in [3.05, 3.63) is 70.6 Å². The summed E-state index contributed by atoms with van der Waals surface area (Å²) in [6, 6.07) is 18.0. The predicted octanol–water partition coefficient (Wildman–Crippen LogP) is 4.76. The Labute approximate surface area is 185 Å². The third-order valence-corrected chi connectivity index (χ3v) is 5.93. The Hall–Kier alpha value is -2.64. The standard InChI is InChI=1S/C23H23NO4S2/c25-21(26)12-13-24-22(27)20(30-23(24)29)16-18-10-6-11-19(15-18)28-14-5-4-9-17-7-2-1-3-8-17/h1-3,6-8,10-11,15-16H,4-5,9,12-14H2,(H,25,26)/b20-16-. The fourth-order valence-corrected chi connectivity index (χ4v) is 4.32. The number of aryl methyl sites for hydroxylation is 1. The van der Waals surface area contributed by atoms with Crippen LogP contribution in [-0.2, 0) is 16.0 Å². The second kappa shape index (κ2) is 10.9. The van der Waals surface area contributed by atoms with Crippen LogP contribution in [0.3, 0.4) is 0 Å². The van der Waals surface area contributed by atoms with Gasteiger partial charge in [-0.3, -0.25) is 14.5 Å². The highest BCUT2D eigenvalue weighted by Crippen LogP contribution is 2.33. The molecule has 2 aromatic rings. The molecule has 0 aliphatic carbocycles. The average Bonchev–Trinajstić information content (AvgIpc) is 3.00. The van der Waals surface area contributed by atoms with Gasteiger partial charge >= 0.3 is 5.97 Å². The van der Waals surface area contributed by atoms with Crippen molar-refractivity contribution >= 4 is 46.3 Å². The first-order chi connectivity index (χ1) is 14.5. The first-order valence-electron chi connectivity index (χ1n) is 9.77. The monoisotopic (exact) mass is 441 g/mol. The van der Waals surface area contributed by atoms with Crippen LogP contribution in [-0.4, -0.2) is 39.4 Å². The van der Waals surface area contributed by atoms with Gasteiger partial charge in [0.15, 0.2) is 0 Å². The first-order valence-corrected chi connectivity index (χ1v) is 11.0. The maximum absolute atomic E-state index is 12.5. The molecule has 0 saturated carbocycles. The molecule has 0 spiro atoms. The maximum Gasteiger partial charge on any atom is 0.305 e. The molecule has 0 bridgehead atoms. The first kappa shape index (κ1) is 22.1. The smallest absolute Gasteiger partial charge is 0.305 e. The van der Waals surface area contributed by atoms with E-state index < -0.39 is 5.97 Å². The van der Waals surface area contributed by atoms with E-state index in [1.54, 1.807) is 6.08 Å². The molecule has 1 fully saturated rings. The summed E-state index contributed by atoms with van der Waals surface area (Å²) in [7, 11) is 0. The van der Waals surface area contributed by atoms with Crippen LogP contribution < -0.4 is 4.74 Å². The maximum atomic E-state index is 12.5. The minimum atomic E-state index is -0.957. The lowest BCUT2D eigenvalue weighted by Crippen LogP contribution is -2.30. The summed E-state index contributed by atoms with van der Waals surface area (Å²) in [5, 5.41) is 8.82. The van der Waals surface area contributed by atoms with Crippen LogP contribution in [0.2, 0.25) is 0 Å². The molecular weight excluding hydrogens is 418 g/mol. The molecule has 1 saturated heterocycles. The number of nitrogens with zero attached hydrogens (tertiary/aromatic N) is 1. The number of benzene rings is 2. The number of amides is 1. The van der Waals surface area contributed by atoms with Crippen molar-refractivity contribution in [1.82, 2.24) is 4.90 Å². The van der Waals surface area contributed by atoms with E-state index in [1.165, 1.54) is 22.2 Å². The SMILES string of the molecule is O=C(O)CCN1C(=O)/C(=C/c2cccc(OCCCCc3ccccc3)c2)SC1=S. The third kappa shape index (κ3) is 6.43. The summed E-state index contributed by atoms with van der Waals surface area (Å²) in [6.45, 7) is 0.719. The van der Waals surface area contributed by atoms with Gasteiger partial charge in [-0.15, -0.1) is 0 Å². The summed E-state index contributed by atoms with van der Waals surface area (Å²) in [5.74, 6) is -0.454. The van der Waals surface area contributed by atoms with Crippen molar-refractivity contribution in [2.75, 3.05) is 13.2 Å². The Kier molecular flexibility index (Phi) is 8.04. The van der Waals surface area contributed by atoms with E-state index in [1.807, 2.05) is 30.3 Å². The molecule has 156 valence electrons. The lowest BCUT2D eigenvalue weighted by molar-refractivity contribution is -0.137. The second-order valence-corrected chi connectivity index (χ2v) is 8.52. The zero-order valence-electron chi connectivity index (χ0n) is 16.5. The van der Waals surface area contributed by atoms with Gasteiger partial charge in [0, 0.05) is 6.54 Å². The number of thioether (sulfide) groups is 1. The van der Waals surface area contributed by atoms with Gasteiger partial charge in [-0.2, -0.15) is 0 Å². The molecule has 30 heavy (non-hydrogen) atoms. The summed E-state index contributed by atoms with van der Waals surface area (Å²) in [4.78, 5) is 25.1. The van der Waals surface area contributed by atoms with Gasteiger partial charge in [0.2, 0.25) is 0 Å². The zero-order valence-corrected chi connectivity index (χ0v) is 18.1. The van der Waals surface area contributed by atoms with Gasteiger partial charge in [-0.1, -0.05) is 66.4 Å². The topological polar surface area (TPSA) is 66.8 Å². The van der Waals surface area contributed by atoms with Gasteiger partial charge in [0.05, 0.1) is 17.9 Å². The van der Waals surface area contributed by atoms with Crippen LogP contribution in [0.1, 0.15) is 30.4 Å². The minimum Gasteiger partial charge on any atom is -0.494 e. The van der Waals surface area contributed by atoms with Gasteiger partial charge < -0.3 is 9.84 Å². The molecule has 1 aliphatic heterocycles. The average molecular weight is 442 g/mol. The van der Waals surface area contributed by atoms with Crippen LogP contribution in [0.4, 0.5) is 0 Å². The number of hydrogen-bond donors (Lipinski definition) is 1. The molecule has 3 rings (SSSR count). The number of carbonyl (C=O) groups excluding carboxylic acids is 1. The fraction of sp³-hybridized carbons (Fsp3) is 0.261. The summed E-state index contributed by atoms with van der Waals surface area (Å²) in [5.41, 5.74) is 2.18. The number of aliphatic carboxylic acids is 1. The van der Waals surface area contributed by atoms with E-state index in [0.717, 1.165) is 30.6 Å². The number of ether oxygens (including phenoxy) is 1. The zero-order chi connectivity index (χ0) is 21.3. The summed E-state index contributed by atoms with van der Waals surface area (Å²) >= 11 is 6.41. The Morgan fingerprint density at radius 3 is 2.70 bits per heavy atom. The quantitative estimate of drug-likeness (QED) is 0.326. The van der Waals surface area contributed by atoms with E-state index in [-0.39, 0.29) is 18.9 Å². The van der Waals surface area contributed by atoms with Crippen molar-refractivity contribution in [1.29, 1.82) is 0 Å². The lowest BCUT2D eigenvalue weighted by Gasteiger charge is -2.12. The number of thiocarbonyl (C=S) groups is 1. The number of hydrogen-bond acceptors (Lipinski definition) is 5. The van der Waals surface area contributed by atoms with Crippen LogP contribution in [0.5, 0.6) is 5.75 Å². The predicted molar refractivity (Wildman–Crippen MR) is 123 cm³/mol. The van der Waals surface area contributed by atoms with Crippen molar-refractivity contribution in [3.8, 4) is 5.75 Å². The highest BCUT2D eigenvalue weighted by atomic mass is 32.2. The molecule has 1 heterocycles. The number of carboxylic acid groups (broad SMARTS) is 1. The van der Waals surface area contributed by atoms with Crippen LogP contribution in [0.15, 0.2) is 59.5 Å². The second-order valence-electron chi connectivity index (χ2n) is 6.84. The number of rotatable bonds is 10. The normalized spacial score (nSPS) is 15.1. The van der Waals surface area contributed by atoms with Gasteiger partial charge in [0.25, 0.3) is 5.91 Å².